The summed E-state index contributed by atoms with van der Waals surface area (Å²) in [6.07, 6.45) is 0. The van der Waals surface area contributed by atoms with Crippen molar-refractivity contribution in [1.29, 1.82) is 0 Å². The second kappa shape index (κ2) is 20.5. The highest BCUT2D eigenvalue weighted by Gasteiger charge is 2.15. The van der Waals surface area contributed by atoms with Gasteiger partial charge in [-0.3, -0.25) is 0 Å². The van der Waals surface area contributed by atoms with Gasteiger partial charge in [-0.1, -0.05) is 213 Å². The molecular weight excluding hydrogens is 589 g/mol. The maximum atomic E-state index is 2.29. The quantitative estimate of drug-likeness (QED) is 0.175. The fraction of sp³-hybridized carbons (Fsp3) is 0.510. The lowest BCUT2D eigenvalue weighted by molar-refractivity contribution is 0.589. The van der Waals surface area contributed by atoms with Crippen LogP contribution < -0.4 is 0 Å². The molecule has 0 radical (unpaired) electrons. The van der Waals surface area contributed by atoms with E-state index in [0.717, 1.165) is 0 Å². The summed E-state index contributed by atoms with van der Waals surface area (Å²) in [7, 11) is 0. The molecule has 0 N–H and O–H groups in total. The molecule has 0 amide bonds. The molecule has 0 unspecified atom stereocenters. The molecule has 0 heteroatoms. The first-order valence-corrected chi connectivity index (χ1v) is 17.1. The molecular formula is C49H80. The van der Waals surface area contributed by atoms with Gasteiger partial charge in [-0.15, -0.1) is 0 Å². The van der Waals surface area contributed by atoms with Crippen LogP contribution in [-0.4, -0.2) is 0 Å². The molecule has 0 aromatic heterocycles. The van der Waals surface area contributed by atoms with Crippen LogP contribution in [0.4, 0.5) is 0 Å². The van der Waals surface area contributed by atoms with Gasteiger partial charge in [-0.2, -0.15) is 0 Å². The monoisotopic (exact) mass is 669 g/mol. The molecule has 4 aromatic carbocycles. The van der Waals surface area contributed by atoms with Crippen LogP contribution in [0.5, 0.6) is 0 Å². The summed E-state index contributed by atoms with van der Waals surface area (Å²) in [5.41, 5.74) is 15.0. The Kier molecular flexibility index (Phi) is 21.1. The minimum absolute atomic E-state index is 0. The second-order valence-corrected chi connectivity index (χ2v) is 17.4. The zero-order chi connectivity index (χ0) is 35.7. The van der Waals surface area contributed by atoms with E-state index in [1.807, 2.05) is 0 Å². The molecule has 0 aliphatic carbocycles. The van der Waals surface area contributed by atoms with Crippen molar-refractivity contribution in [3.05, 3.63) is 141 Å². The summed E-state index contributed by atoms with van der Waals surface area (Å²) < 4.78 is 0. The molecule has 49 heavy (non-hydrogen) atoms. The number of hydrogen-bond donors (Lipinski definition) is 0. The third kappa shape index (κ3) is 19.0. The van der Waals surface area contributed by atoms with Crippen molar-refractivity contribution < 1.29 is 0 Å². The topological polar surface area (TPSA) is 0 Å². The lowest BCUT2D eigenvalue weighted by Crippen LogP contribution is -2.11. The van der Waals surface area contributed by atoms with Crippen molar-refractivity contribution in [3.63, 3.8) is 0 Å². The van der Waals surface area contributed by atoms with Crippen molar-refractivity contribution in [2.24, 2.45) is 0 Å². The van der Waals surface area contributed by atoms with Gasteiger partial charge in [0.25, 0.3) is 0 Å². The maximum Gasteiger partial charge on any atom is -0.0132 e. The first-order valence-electron chi connectivity index (χ1n) is 17.1. The van der Waals surface area contributed by atoms with E-state index in [9.17, 15) is 0 Å². The van der Waals surface area contributed by atoms with E-state index in [0.29, 0.717) is 0 Å². The van der Waals surface area contributed by atoms with Gasteiger partial charge in [0.05, 0.1) is 0 Å². The van der Waals surface area contributed by atoms with Gasteiger partial charge >= 0.3 is 0 Å². The van der Waals surface area contributed by atoms with Gasteiger partial charge in [0.15, 0.2) is 0 Å². The second-order valence-electron chi connectivity index (χ2n) is 17.4. The molecule has 276 valence electrons. The summed E-state index contributed by atoms with van der Waals surface area (Å²) in [4.78, 5) is 0. The minimum atomic E-state index is 0. The van der Waals surface area contributed by atoms with E-state index in [4.69, 9.17) is 0 Å². The normalized spacial score (nSPS) is 11.0. The first-order chi connectivity index (χ1) is 20.8. The third-order valence-electron chi connectivity index (χ3n) is 8.26. The molecule has 0 fully saturated rings. The zero-order valence-corrected chi connectivity index (χ0v) is 33.1. The summed E-state index contributed by atoms with van der Waals surface area (Å²) in [6, 6.07) is 30.9. The van der Waals surface area contributed by atoms with Crippen LogP contribution in [0.2, 0.25) is 0 Å². The van der Waals surface area contributed by atoms with Crippen molar-refractivity contribution >= 4 is 0 Å². The standard InChI is InChI=1S/2C12H18.2C11H16.3CH4/c1-9-6-10(2)8-11(7-9)12(3,4)5;1-9-6-7-11(8-10(9)2)12(3,4)5;1-9-5-7-10(8-6-9)11(2,3)4;1-9-6-5-7-10(8-9)11(2,3)4;;;/h2*6-8H,1-5H3;2*5-8H,1-4H3;3*1H4. The summed E-state index contributed by atoms with van der Waals surface area (Å²) in [5, 5.41) is 0. The Morgan fingerprint density at radius 2 is 0.653 bits per heavy atom. The molecule has 0 aliphatic rings. The highest BCUT2D eigenvalue weighted by Crippen LogP contribution is 2.26. The van der Waals surface area contributed by atoms with E-state index < -0.39 is 0 Å². The van der Waals surface area contributed by atoms with E-state index in [1.54, 1.807) is 0 Å². The van der Waals surface area contributed by atoms with Crippen LogP contribution in [-0.2, 0) is 21.7 Å². The maximum absolute atomic E-state index is 2.29. The van der Waals surface area contributed by atoms with Gasteiger partial charge in [0.1, 0.15) is 0 Å². The molecule has 0 heterocycles. The molecule has 0 saturated carbocycles. The van der Waals surface area contributed by atoms with Crippen LogP contribution in [0, 0.1) is 41.5 Å². The molecule has 0 nitrogen and oxygen atoms in total. The SMILES string of the molecule is C.C.C.Cc1cc(C)cc(C(C)(C)C)c1.Cc1ccc(C(C)(C)C)cc1.Cc1ccc(C(C)(C)C)cc1C.Cc1cccc(C(C)(C)C)c1. The lowest BCUT2D eigenvalue weighted by Gasteiger charge is -2.20. The first kappa shape index (κ1) is 50.3. The Bertz CT molecular complexity index is 1460. The van der Waals surface area contributed by atoms with E-state index in [2.05, 4.69) is 210 Å². The van der Waals surface area contributed by atoms with Crippen molar-refractivity contribution in [3.8, 4) is 0 Å². The number of rotatable bonds is 0. The summed E-state index contributed by atoms with van der Waals surface area (Å²) in [5.74, 6) is 0. The predicted molar refractivity (Wildman–Crippen MR) is 229 cm³/mol. The van der Waals surface area contributed by atoms with Gasteiger partial charge in [-0.05, 0) is 96.6 Å². The minimum Gasteiger partial charge on any atom is -0.0776 e. The summed E-state index contributed by atoms with van der Waals surface area (Å²) >= 11 is 0. The van der Waals surface area contributed by atoms with E-state index in [-0.39, 0.29) is 43.9 Å². The molecule has 4 rings (SSSR count). The average Bonchev–Trinajstić information content (AvgIpc) is 2.89. The van der Waals surface area contributed by atoms with Crippen molar-refractivity contribution in [1.82, 2.24) is 0 Å². The number of aryl methyl sites for hydroxylation is 6. The largest absolute Gasteiger partial charge is 0.0776 e. The molecule has 0 saturated heterocycles. The Hall–Kier alpha value is -3.12. The van der Waals surface area contributed by atoms with E-state index in [1.165, 1.54) is 55.6 Å². The zero-order valence-electron chi connectivity index (χ0n) is 33.1. The number of hydrogen-bond acceptors (Lipinski definition) is 0. The van der Waals surface area contributed by atoms with Crippen molar-refractivity contribution in [2.75, 3.05) is 0 Å². The van der Waals surface area contributed by atoms with Gasteiger partial charge in [0, 0.05) is 0 Å². The molecule has 4 aromatic rings. The fourth-order valence-corrected chi connectivity index (χ4v) is 4.78. The molecule has 0 bridgehead atoms. The van der Waals surface area contributed by atoms with Crippen molar-refractivity contribution in [2.45, 2.75) is 169 Å². The van der Waals surface area contributed by atoms with Gasteiger partial charge < -0.3 is 0 Å². The molecule has 0 aliphatic heterocycles. The van der Waals surface area contributed by atoms with Gasteiger partial charge in [-0.25, -0.2) is 0 Å². The van der Waals surface area contributed by atoms with Gasteiger partial charge in [0.2, 0.25) is 0 Å². The van der Waals surface area contributed by atoms with E-state index >= 15 is 0 Å². The third-order valence-corrected chi connectivity index (χ3v) is 8.26. The Morgan fingerprint density at radius 1 is 0.286 bits per heavy atom. The highest BCUT2D eigenvalue weighted by molar-refractivity contribution is 5.34. The Labute approximate surface area is 308 Å². The number of benzene rings is 4. The van der Waals surface area contributed by atoms with Crippen LogP contribution in [0.25, 0.3) is 0 Å². The van der Waals surface area contributed by atoms with Crippen LogP contribution in [0.15, 0.2) is 84.9 Å². The summed E-state index contributed by atoms with van der Waals surface area (Å²) in [6.45, 7) is 39.8. The lowest BCUT2D eigenvalue weighted by atomic mass is 9.85. The molecule has 0 atom stereocenters. The highest BCUT2D eigenvalue weighted by atomic mass is 14.2. The Balaban J connectivity index is -0.000000565. The molecule has 0 spiro atoms. The average molecular weight is 669 g/mol. The fourth-order valence-electron chi connectivity index (χ4n) is 4.78. The Morgan fingerprint density at radius 3 is 1.00 bits per heavy atom. The van der Waals surface area contributed by atoms with Crippen LogP contribution in [0.1, 0.15) is 161 Å². The van der Waals surface area contributed by atoms with Crippen LogP contribution >= 0.6 is 0 Å². The van der Waals surface area contributed by atoms with Crippen LogP contribution in [0.3, 0.4) is 0 Å². The smallest absolute Gasteiger partial charge is 0.0132 e. The predicted octanol–water partition coefficient (Wildman–Crippen LogP) is 15.7.